The molecule has 0 bridgehead atoms. The van der Waals surface area contributed by atoms with E-state index in [0.29, 0.717) is 13.0 Å². The molecule has 1 fully saturated rings. The summed E-state index contributed by atoms with van der Waals surface area (Å²) in [5, 5.41) is 0. The van der Waals surface area contributed by atoms with Gasteiger partial charge in [0, 0.05) is 29.8 Å². The molecule has 0 N–H and O–H groups in total. The van der Waals surface area contributed by atoms with Crippen molar-refractivity contribution < 1.29 is 9.22 Å². The zero-order valence-electron chi connectivity index (χ0n) is 14.6. The van der Waals surface area contributed by atoms with Crippen LogP contribution in [0.3, 0.4) is 0 Å². The molecule has 1 unspecified atom stereocenters. The van der Waals surface area contributed by atoms with Crippen molar-refractivity contribution >= 4 is 30.9 Å². The fraction of sp³-hybridized carbons (Fsp3) is 0.647. The number of carbonyl (C=O) groups excluding carboxylic acids is 1. The van der Waals surface area contributed by atoms with E-state index in [9.17, 15) is 4.79 Å². The highest BCUT2D eigenvalue weighted by molar-refractivity contribution is 9.10. The van der Waals surface area contributed by atoms with Gasteiger partial charge in [-0.3, -0.25) is 9.78 Å². The van der Waals surface area contributed by atoms with E-state index in [1.165, 1.54) is 0 Å². The molecule has 1 aliphatic heterocycles. The van der Waals surface area contributed by atoms with Gasteiger partial charge in [0.05, 0.1) is 12.1 Å². The van der Waals surface area contributed by atoms with Crippen LogP contribution in [0, 0.1) is 5.41 Å². The van der Waals surface area contributed by atoms with Crippen LogP contribution in [0.2, 0.25) is 13.1 Å². The van der Waals surface area contributed by atoms with Gasteiger partial charge in [0.25, 0.3) is 0 Å². The van der Waals surface area contributed by atoms with Crippen molar-refractivity contribution in [3.05, 3.63) is 28.5 Å². The zero-order chi connectivity index (χ0) is 17.2. The van der Waals surface area contributed by atoms with Gasteiger partial charge in [-0.25, -0.2) is 0 Å². The molecule has 0 aliphatic carbocycles. The highest BCUT2D eigenvalue weighted by Gasteiger charge is 2.42. The van der Waals surface area contributed by atoms with Crippen LogP contribution in [-0.2, 0) is 15.8 Å². The van der Waals surface area contributed by atoms with E-state index in [1.807, 2.05) is 17.2 Å². The lowest BCUT2D eigenvalue weighted by atomic mass is 9.83. The normalized spacial score (nSPS) is 20.4. The first kappa shape index (κ1) is 18.6. The number of halogens is 1. The van der Waals surface area contributed by atoms with Gasteiger partial charge in [-0.1, -0.05) is 20.8 Å². The van der Waals surface area contributed by atoms with E-state index in [1.54, 1.807) is 6.20 Å². The quantitative estimate of drug-likeness (QED) is 0.704. The summed E-state index contributed by atoms with van der Waals surface area (Å²) in [7, 11) is -0.829. The Hall–Kier alpha value is -0.723. The minimum atomic E-state index is -0.829. The molecule has 6 heteroatoms. The highest BCUT2D eigenvalue weighted by atomic mass is 79.9. The van der Waals surface area contributed by atoms with Crippen LogP contribution in [-0.4, -0.2) is 37.0 Å². The lowest BCUT2D eigenvalue weighted by Gasteiger charge is -2.40. The Morgan fingerprint density at radius 1 is 1.43 bits per heavy atom. The van der Waals surface area contributed by atoms with Gasteiger partial charge >= 0.3 is 0 Å². The molecule has 1 aliphatic rings. The maximum absolute atomic E-state index is 12.4. The number of rotatable bonds is 5. The standard InChI is InChI=1S/C17H26BrN2O2Si/c1-17(2,3)16(22-23(4)5)14-6-7-15(21)20(14)11-12-8-13(18)10-19-9-12/h8-10,14,16H,6-7,11H2,1-5H3/t14-,16?/m0/s1. The molecule has 4 nitrogen and oxygen atoms in total. The third-order valence-corrected chi connectivity index (χ3v) is 5.21. The SMILES string of the molecule is C[Si](C)OC([C@@H]1CCC(=O)N1Cc1cncc(Br)c1)C(C)(C)C. The van der Waals surface area contributed by atoms with Crippen molar-refractivity contribution in [2.75, 3.05) is 0 Å². The number of hydrogen-bond donors (Lipinski definition) is 0. The summed E-state index contributed by atoms with van der Waals surface area (Å²) >= 11 is 3.45. The van der Waals surface area contributed by atoms with Crippen molar-refractivity contribution in [2.45, 2.75) is 65.4 Å². The minimum absolute atomic E-state index is 0.00495. The Balaban J connectivity index is 2.23. The van der Waals surface area contributed by atoms with Crippen molar-refractivity contribution in [3.63, 3.8) is 0 Å². The van der Waals surface area contributed by atoms with Crippen LogP contribution < -0.4 is 0 Å². The Morgan fingerprint density at radius 3 is 2.70 bits per heavy atom. The van der Waals surface area contributed by atoms with Gasteiger partial charge < -0.3 is 9.33 Å². The smallest absolute Gasteiger partial charge is 0.223 e. The topological polar surface area (TPSA) is 42.4 Å². The third kappa shape index (κ3) is 4.87. The summed E-state index contributed by atoms with van der Waals surface area (Å²) < 4.78 is 7.26. The molecule has 1 radical (unpaired) electrons. The summed E-state index contributed by atoms with van der Waals surface area (Å²) in [4.78, 5) is 18.6. The maximum Gasteiger partial charge on any atom is 0.223 e. The first-order chi connectivity index (χ1) is 10.7. The third-order valence-electron chi connectivity index (χ3n) is 4.05. The molecule has 2 rings (SSSR count). The molecule has 1 aromatic heterocycles. The second-order valence-electron chi connectivity index (χ2n) is 7.45. The van der Waals surface area contributed by atoms with Gasteiger partial charge in [0.15, 0.2) is 0 Å². The molecular formula is C17H26BrN2O2Si. The van der Waals surface area contributed by atoms with Crippen LogP contribution in [0.15, 0.2) is 22.9 Å². The monoisotopic (exact) mass is 397 g/mol. The second kappa shape index (κ2) is 7.45. The van der Waals surface area contributed by atoms with E-state index >= 15 is 0 Å². The van der Waals surface area contributed by atoms with Gasteiger partial charge in [0.1, 0.15) is 0 Å². The molecule has 1 aromatic rings. The second-order valence-corrected chi connectivity index (χ2v) is 10.4. The summed E-state index contributed by atoms with van der Waals surface area (Å²) in [6.07, 6.45) is 5.14. The van der Waals surface area contributed by atoms with Crippen molar-refractivity contribution in [3.8, 4) is 0 Å². The Kier molecular flexibility index (Phi) is 6.03. The summed E-state index contributed by atoms with van der Waals surface area (Å²) in [6, 6.07) is 2.17. The average Bonchev–Trinajstić information content (AvgIpc) is 2.76. The first-order valence-electron chi connectivity index (χ1n) is 8.04. The fourth-order valence-corrected chi connectivity index (χ4v) is 4.53. The molecule has 23 heavy (non-hydrogen) atoms. The molecule has 1 amide bonds. The fourth-order valence-electron chi connectivity index (χ4n) is 3.10. The number of aromatic nitrogens is 1. The molecule has 2 heterocycles. The molecule has 1 saturated heterocycles. The van der Waals surface area contributed by atoms with Crippen LogP contribution >= 0.6 is 15.9 Å². The summed E-state index contributed by atoms with van der Waals surface area (Å²) in [6.45, 7) is 11.5. The van der Waals surface area contributed by atoms with Crippen LogP contribution in [0.1, 0.15) is 39.2 Å². The Bertz CT molecular complexity index is 560. The van der Waals surface area contributed by atoms with Gasteiger partial charge in [0.2, 0.25) is 14.9 Å². The van der Waals surface area contributed by atoms with E-state index in [0.717, 1.165) is 16.5 Å². The average molecular weight is 398 g/mol. The number of carbonyl (C=O) groups is 1. The molecule has 2 atom stereocenters. The van der Waals surface area contributed by atoms with Crippen molar-refractivity contribution in [1.29, 1.82) is 0 Å². The molecule has 0 aromatic carbocycles. The van der Waals surface area contributed by atoms with E-state index in [2.05, 4.69) is 54.8 Å². The van der Waals surface area contributed by atoms with E-state index < -0.39 is 9.04 Å². The van der Waals surface area contributed by atoms with Crippen molar-refractivity contribution in [1.82, 2.24) is 9.88 Å². The Labute approximate surface area is 149 Å². The highest BCUT2D eigenvalue weighted by Crippen LogP contribution is 2.34. The zero-order valence-corrected chi connectivity index (χ0v) is 17.2. The van der Waals surface area contributed by atoms with Gasteiger partial charge in [-0.15, -0.1) is 0 Å². The minimum Gasteiger partial charge on any atom is -0.412 e. The summed E-state index contributed by atoms with van der Waals surface area (Å²) in [5.74, 6) is 0.216. The number of nitrogens with zero attached hydrogens (tertiary/aromatic N) is 2. The number of amides is 1. The van der Waals surface area contributed by atoms with Crippen LogP contribution in [0.25, 0.3) is 0 Å². The number of pyridine rings is 1. The van der Waals surface area contributed by atoms with Crippen LogP contribution in [0.4, 0.5) is 0 Å². The predicted molar refractivity (Wildman–Crippen MR) is 97.3 cm³/mol. The van der Waals surface area contributed by atoms with Gasteiger partial charge in [-0.05, 0) is 52.5 Å². The van der Waals surface area contributed by atoms with E-state index in [-0.39, 0.29) is 23.5 Å². The first-order valence-corrected chi connectivity index (χ1v) is 11.2. The largest absolute Gasteiger partial charge is 0.412 e. The van der Waals surface area contributed by atoms with Gasteiger partial charge in [-0.2, -0.15) is 0 Å². The number of likely N-dealkylation sites (tertiary alicyclic amines) is 1. The van der Waals surface area contributed by atoms with Crippen molar-refractivity contribution in [2.24, 2.45) is 5.41 Å². The predicted octanol–water partition coefficient (Wildman–Crippen LogP) is 4.02. The molecule has 0 spiro atoms. The lowest BCUT2D eigenvalue weighted by Crippen LogP contribution is -2.49. The van der Waals surface area contributed by atoms with E-state index in [4.69, 9.17) is 4.43 Å². The maximum atomic E-state index is 12.4. The molecule has 127 valence electrons. The summed E-state index contributed by atoms with van der Waals surface area (Å²) in [5.41, 5.74) is 1.05. The lowest BCUT2D eigenvalue weighted by molar-refractivity contribution is -0.131. The Morgan fingerprint density at radius 2 is 2.13 bits per heavy atom. The molecular weight excluding hydrogens is 372 g/mol. The molecule has 0 saturated carbocycles. The number of hydrogen-bond acceptors (Lipinski definition) is 3. The van der Waals surface area contributed by atoms with Crippen LogP contribution in [0.5, 0.6) is 0 Å².